The van der Waals surface area contributed by atoms with E-state index in [1.54, 1.807) is 0 Å². The van der Waals surface area contributed by atoms with Crippen LogP contribution in [0.3, 0.4) is 0 Å². The van der Waals surface area contributed by atoms with Gasteiger partial charge >= 0.3 is 5.97 Å². The van der Waals surface area contributed by atoms with Crippen LogP contribution in [-0.2, 0) is 9.53 Å². The van der Waals surface area contributed by atoms with Crippen LogP contribution in [0.25, 0.3) is 0 Å². The summed E-state index contributed by atoms with van der Waals surface area (Å²) >= 11 is 2.48. The van der Waals surface area contributed by atoms with Crippen LogP contribution in [0.1, 0.15) is 44.9 Å². The Bertz CT molecular complexity index is 600. The van der Waals surface area contributed by atoms with Crippen molar-refractivity contribution in [1.82, 2.24) is 0 Å². The summed E-state index contributed by atoms with van der Waals surface area (Å²) in [5, 5.41) is 0. The second kappa shape index (κ2) is 4.56. The standard InChI is InChI=1S/C20H25IO2/c21-20(9-10-1-4-14(20)5-10)23-19(22)16-8-13-7-15(16)18-12-3-2-11(6-12)17(13)18/h2-3,10-18H,1,4-9H2. The Balaban J connectivity index is 1.21. The van der Waals surface area contributed by atoms with Gasteiger partial charge in [-0.15, -0.1) is 0 Å². The van der Waals surface area contributed by atoms with Crippen LogP contribution < -0.4 is 0 Å². The second-order valence-corrected chi connectivity index (χ2v) is 11.2. The Hall–Kier alpha value is -0.0600. The van der Waals surface area contributed by atoms with Crippen molar-refractivity contribution in [3.8, 4) is 0 Å². The lowest BCUT2D eigenvalue weighted by molar-refractivity contribution is -0.161. The van der Waals surface area contributed by atoms with E-state index in [2.05, 4.69) is 34.7 Å². The minimum Gasteiger partial charge on any atom is -0.448 e. The number of rotatable bonds is 2. The number of hydrogen-bond donors (Lipinski definition) is 0. The fourth-order valence-electron chi connectivity index (χ4n) is 7.87. The summed E-state index contributed by atoms with van der Waals surface area (Å²) in [6.45, 7) is 0. The lowest BCUT2D eigenvalue weighted by Gasteiger charge is -2.38. The molecule has 0 heterocycles. The molecule has 0 radical (unpaired) electrons. The van der Waals surface area contributed by atoms with Gasteiger partial charge in [0.15, 0.2) is 3.61 Å². The van der Waals surface area contributed by atoms with Gasteiger partial charge in [0.25, 0.3) is 0 Å². The molecule has 5 fully saturated rings. The molecule has 0 aromatic heterocycles. The molecule has 10 atom stereocenters. The molecule has 6 bridgehead atoms. The Morgan fingerprint density at radius 1 is 1.04 bits per heavy atom. The van der Waals surface area contributed by atoms with Crippen molar-refractivity contribution in [2.24, 2.45) is 53.3 Å². The minimum atomic E-state index is -0.159. The van der Waals surface area contributed by atoms with E-state index in [0.29, 0.717) is 11.8 Å². The number of esters is 1. The first kappa shape index (κ1) is 14.1. The number of alkyl halides is 1. The third-order valence-corrected chi connectivity index (χ3v) is 10.1. The van der Waals surface area contributed by atoms with Gasteiger partial charge in [-0.2, -0.15) is 0 Å². The Morgan fingerprint density at radius 3 is 2.61 bits per heavy atom. The van der Waals surface area contributed by atoms with Crippen molar-refractivity contribution < 1.29 is 9.53 Å². The predicted octanol–water partition coefficient (Wildman–Crippen LogP) is 4.58. The maximum atomic E-state index is 13.0. The number of hydrogen-bond acceptors (Lipinski definition) is 2. The van der Waals surface area contributed by atoms with Gasteiger partial charge in [0.1, 0.15) is 0 Å². The molecule has 0 N–H and O–H groups in total. The van der Waals surface area contributed by atoms with Gasteiger partial charge < -0.3 is 4.74 Å². The van der Waals surface area contributed by atoms with Gasteiger partial charge in [0.2, 0.25) is 0 Å². The largest absolute Gasteiger partial charge is 0.448 e. The van der Waals surface area contributed by atoms with Crippen LogP contribution in [0.5, 0.6) is 0 Å². The molecule has 23 heavy (non-hydrogen) atoms. The SMILES string of the molecule is O=C(OC1(I)CC2CCC1C2)C1CC2CC1C1C3C=CC(C3)C21. The highest BCUT2D eigenvalue weighted by molar-refractivity contribution is 14.1. The summed E-state index contributed by atoms with van der Waals surface area (Å²) in [5.74, 6) is 6.65. The minimum absolute atomic E-state index is 0.159. The Morgan fingerprint density at radius 2 is 1.87 bits per heavy atom. The summed E-state index contributed by atoms with van der Waals surface area (Å²) in [4.78, 5) is 13.0. The van der Waals surface area contributed by atoms with Crippen molar-refractivity contribution in [1.29, 1.82) is 0 Å². The van der Waals surface area contributed by atoms with E-state index in [-0.39, 0.29) is 15.5 Å². The highest BCUT2D eigenvalue weighted by Gasteiger charge is 2.63. The molecule has 0 aromatic rings. The monoisotopic (exact) mass is 424 g/mol. The van der Waals surface area contributed by atoms with Crippen molar-refractivity contribution in [3.63, 3.8) is 0 Å². The lowest BCUT2D eigenvalue weighted by Crippen LogP contribution is -2.40. The third-order valence-electron chi connectivity index (χ3n) is 8.56. The van der Waals surface area contributed by atoms with E-state index in [1.807, 2.05) is 0 Å². The zero-order chi connectivity index (χ0) is 15.3. The average Bonchev–Trinajstić information content (AvgIpc) is 3.30. The van der Waals surface area contributed by atoms with Crippen molar-refractivity contribution in [2.45, 2.75) is 48.6 Å². The van der Waals surface area contributed by atoms with Gasteiger partial charge in [-0.25, -0.2) is 0 Å². The zero-order valence-corrected chi connectivity index (χ0v) is 15.7. The van der Waals surface area contributed by atoms with Gasteiger partial charge in [-0.3, -0.25) is 4.79 Å². The quantitative estimate of drug-likeness (QED) is 0.213. The molecule has 124 valence electrons. The van der Waals surface area contributed by atoms with Crippen LogP contribution in [0, 0.1) is 53.3 Å². The molecule has 10 unspecified atom stereocenters. The van der Waals surface area contributed by atoms with E-state index in [0.717, 1.165) is 48.3 Å². The highest BCUT2D eigenvalue weighted by Crippen LogP contribution is 2.67. The molecule has 0 spiro atoms. The summed E-state index contributed by atoms with van der Waals surface area (Å²) in [5.41, 5.74) is 0. The maximum Gasteiger partial charge on any atom is 0.310 e. The molecule has 2 nitrogen and oxygen atoms in total. The second-order valence-electron chi connectivity index (χ2n) is 9.39. The predicted molar refractivity (Wildman–Crippen MR) is 95.7 cm³/mol. The first-order chi connectivity index (χ1) is 11.1. The number of carbonyl (C=O) groups is 1. The first-order valence-corrected chi connectivity index (χ1v) is 10.8. The van der Waals surface area contributed by atoms with Gasteiger partial charge in [0, 0.05) is 5.92 Å². The molecule has 0 saturated heterocycles. The molecule has 6 rings (SSSR count). The fourth-order valence-corrected chi connectivity index (χ4v) is 9.27. The maximum absolute atomic E-state index is 13.0. The van der Waals surface area contributed by atoms with E-state index in [1.165, 1.54) is 32.1 Å². The third kappa shape index (κ3) is 1.78. The molecule has 5 saturated carbocycles. The first-order valence-electron chi connectivity index (χ1n) is 9.72. The average molecular weight is 424 g/mol. The van der Waals surface area contributed by atoms with Crippen LogP contribution in [0.2, 0.25) is 0 Å². The molecule has 3 heteroatoms. The fraction of sp³-hybridized carbons (Fsp3) is 0.850. The van der Waals surface area contributed by atoms with Gasteiger partial charge in [-0.05, 0) is 109 Å². The van der Waals surface area contributed by atoms with Crippen molar-refractivity contribution in [2.75, 3.05) is 0 Å². The molecule has 0 amide bonds. The van der Waals surface area contributed by atoms with Crippen LogP contribution in [0.15, 0.2) is 12.2 Å². The van der Waals surface area contributed by atoms with Crippen LogP contribution in [-0.4, -0.2) is 9.58 Å². The topological polar surface area (TPSA) is 26.3 Å². The molecular weight excluding hydrogens is 399 g/mol. The van der Waals surface area contributed by atoms with Crippen molar-refractivity contribution in [3.05, 3.63) is 12.2 Å². The number of ether oxygens (including phenoxy) is 1. The lowest BCUT2D eigenvalue weighted by atomic mass is 9.69. The van der Waals surface area contributed by atoms with Crippen molar-refractivity contribution >= 4 is 28.6 Å². The molecule has 6 aliphatic carbocycles. The smallest absolute Gasteiger partial charge is 0.310 e. The number of fused-ring (bicyclic) bond motifs is 11. The number of carbonyl (C=O) groups excluding carboxylic acids is 1. The zero-order valence-electron chi connectivity index (χ0n) is 13.5. The van der Waals surface area contributed by atoms with E-state index >= 15 is 0 Å². The molecular formula is C20H25IO2. The summed E-state index contributed by atoms with van der Waals surface area (Å²) in [6.07, 6.45) is 13.8. The number of halogens is 1. The van der Waals surface area contributed by atoms with Gasteiger partial charge in [-0.1, -0.05) is 12.2 Å². The summed E-state index contributed by atoms with van der Waals surface area (Å²) in [7, 11) is 0. The van der Waals surface area contributed by atoms with Gasteiger partial charge in [0.05, 0.1) is 5.92 Å². The van der Waals surface area contributed by atoms with E-state index in [4.69, 9.17) is 4.74 Å². The summed E-state index contributed by atoms with van der Waals surface area (Å²) < 4.78 is 6.07. The molecule has 6 aliphatic rings. The Labute approximate surface area is 151 Å². The molecule has 0 aromatic carbocycles. The summed E-state index contributed by atoms with van der Waals surface area (Å²) in [6, 6.07) is 0. The van der Waals surface area contributed by atoms with Crippen LogP contribution in [0.4, 0.5) is 0 Å². The normalized spacial score (nSPS) is 60.7. The molecule has 0 aliphatic heterocycles. The number of allylic oxidation sites excluding steroid dienone is 2. The van der Waals surface area contributed by atoms with E-state index in [9.17, 15) is 4.79 Å². The van der Waals surface area contributed by atoms with E-state index < -0.39 is 0 Å². The van der Waals surface area contributed by atoms with Crippen LogP contribution >= 0.6 is 22.6 Å². The highest BCUT2D eigenvalue weighted by atomic mass is 127. The Kier molecular flexibility index (Phi) is 2.80.